The maximum absolute atomic E-state index is 16.5. The van der Waals surface area contributed by atoms with Crippen molar-refractivity contribution < 1.29 is 28.3 Å². The van der Waals surface area contributed by atoms with E-state index in [9.17, 15) is 14.7 Å². The summed E-state index contributed by atoms with van der Waals surface area (Å²) in [6.45, 7) is 7.43. The summed E-state index contributed by atoms with van der Waals surface area (Å²) in [6.07, 6.45) is 3.48. The standard InChI is InChI=1S/C40H49FN6O5Si/c1-26-37(53(3,4)41)36(17-19-46-24-34(44-45-46)32(25-48)28-11-6-5-7-12-28)52-40(26)33-21-31(51-2)15-16-35(33)47(39(40)50)23-27-10-8-14-30(20-27)43-38(49)29-13-9-18-42-22-29/h5-8,10-12,14-16,20-21,24,26,29,32,36-37,42,48H,9,13,17-19,22-23,25H2,1-4H3,(H,43,49)/t26-,29?,32?,36+,37-,40+/m1/s1. The maximum atomic E-state index is 16.5. The fourth-order valence-corrected chi connectivity index (χ4v) is 11.3. The zero-order valence-corrected chi connectivity index (χ0v) is 31.8. The first-order chi connectivity index (χ1) is 25.5. The number of halogens is 1. The fraction of sp³-hybridized carbons (Fsp3) is 0.450. The lowest BCUT2D eigenvalue weighted by atomic mass is 9.82. The number of aromatic nitrogens is 3. The number of carbonyl (C=O) groups excluding carboxylic acids is 2. The molecule has 280 valence electrons. The molecule has 4 aromatic rings. The Balaban J connectivity index is 1.15. The van der Waals surface area contributed by atoms with Crippen molar-refractivity contribution in [3.8, 4) is 5.75 Å². The van der Waals surface area contributed by atoms with Crippen molar-refractivity contribution in [3.63, 3.8) is 0 Å². The van der Waals surface area contributed by atoms with Crippen LogP contribution in [0.1, 0.15) is 54.5 Å². The van der Waals surface area contributed by atoms with Gasteiger partial charge in [0.15, 0.2) is 5.60 Å². The Kier molecular flexibility index (Phi) is 10.5. The van der Waals surface area contributed by atoms with Gasteiger partial charge >= 0.3 is 0 Å². The Hall–Kier alpha value is -4.43. The highest BCUT2D eigenvalue weighted by atomic mass is 28.4. The molecule has 3 aliphatic rings. The SMILES string of the molecule is COc1ccc2c(c1)[C@]1(O[C@@H](CCn3cc(C(CO)c4ccccc4)nn3)[C@H]([Si](C)(C)F)[C@H]1C)C(=O)N2Cc1cccc(NC(=O)C2CCCNC2)c1. The van der Waals surface area contributed by atoms with E-state index in [0.717, 1.165) is 30.5 Å². The third-order valence-corrected chi connectivity index (χ3v) is 13.8. The molecule has 2 amide bonds. The van der Waals surface area contributed by atoms with E-state index in [-0.39, 0.29) is 36.8 Å². The molecule has 2 fully saturated rings. The molecule has 1 spiro atoms. The molecule has 11 nitrogen and oxygen atoms in total. The minimum atomic E-state index is -3.40. The highest BCUT2D eigenvalue weighted by molar-refractivity contribution is 6.72. The summed E-state index contributed by atoms with van der Waals surface area (Å²) in [4.78, 5) is 29.7. The summed E-state index contributed by atoms with van der Waals surface area (Å²) in [5.74, 6) is -0.547. The lowest BCUT2D eigenvalue weighted by Gasteiger charge is -2.31. The average molecular weight is 741 g/mol. The summed E-state index contributed by atoms with van der Waals surface area (Å²) >= 11 is 0. The number of benzene rings is 3. The van der Waals surface area contributed by atoms with Crippen LogP contribution in [0.4, 0.5) is 15.5 Å². The molecule has 7 rings (SSSR count). The van der Waals surface area contributed by atoms with E-state index in [1.165, 1.54) is 0 Å². The van der Waals surface area contributed by atoms with Gasteiger partial charge < -0.3 is 34.2 Å². The minimum Gasteiger partial charge on any atom is -0.497 e. The van der Waals surface area contributed by atoms with Crippen LogP contribution in [0.5, 0.6) is 5.75 Å². The molecule has 3 N–H and O–H groups in total. The maximum Gasteiger partial charge on any atom is 0.264 e. The Morgan fingerprint density at radius 3 is 2.70 bits per heavy atom. The zero-order chi connectivity index (χ0) is 37.3. The van der Waals surface area contributed by atoms with Gasteiger partial charge in [0.2, 0.25) is 14.3 Å². The highest BCUT2D eigenvalue weighted by Crippen LogP contribution is 2.60. The largest absolute Gasteiger partial charge is 0.497 e. The number of methoxy groups -OCH3 is 1. The van der Waals surface area contributed by atoms with E-state index < -0.39 is 31.6 Å². The van der Waals surface area contributed by atoms with Crippen molar-refractivity contribution in [3.05, 3.63) is 101 Å². The molecule has 3 aliphatic heterocycles. The monoisotopic (exact) mass is 740 g/mol. The number of fused-ring (bicyclic) bond motifs is 2. The van der Waals surface area contributed by atoms with Crippen molar-refractivity contribution >= 4 is 31.6 Å². The number of aryl methyl sites for hydroxylation is 1. The number of ether oxygens (including phenoxy) is 2. The van der Waals surface area contributed by atoms with Gasteiger partial charge in [-0.15, -0.1) is 5.10 Å². The van der Waals surface area contributed by atoms with Crippen molar-refractivity contribution in [1.82, 2.24) is 20.3 Å². The first-order valence-electron chi connectivity index (χ1n) is 18.6. The summed E-state index contributed by atoms with van der Waals surface area (Å²) in [6, 6.07) is 22.8. The molecule has 4 heterocycles. The number of aliphatic hydroxyl groups is 1. The van der Waals surface area contributed by atoms with Crippen LogP contribution in [0.25, 0.3) is 0 Å². The van der Waals surface area contributed by atoms with Gasteiger partial charge in [-0.3, -0.25) is 14.3 Å². The smallest absolute Gasteiger partial charge is 0.264 e. The summed E-state index contributed by atoms with van der Waals surface area (Å²) in [5.41, 5.74) is 2.56. The van der Waals surface area contributed by atoms with Gasteiger partial charge in [0.25, 0.3) is 5.91 Å². The van der Waals surface area contributed by atoms with Gasteiger partial charge in [-0.25, -0.2) is 0 Å². The van der Waals surface area contributed by atoms with Crippen molar-refractivity contribution in [1.29, 1.82) is 0 Å². The van der Waals surface area contributed by atoms with Gasteiger partial charge in [0.05, 0.1) is 49.6 Å². The molecule has 1 aromatic heterocycles. The second-order valence-corrected chi connectivity index (χ2v) is 18.9. The Bertz CT molecular complexity index is 1930. The van der Waals surface area contributed by atoms with E-state index in [4.69, 9.17) is 9.47 Å². The van der Waals surface area contributed by atoms with Gasteiger partial charge in [-0.05, 0) is 80.4 Å². The summed E-state index contributed by atoms with van der Waals surface area (Å²) in [7, 11) is -1.82. The van der Waals surface area contributed by atoms with Crippen LogP contribution >= 0.6 is 0 Å². The van der Waals surface area contributed by atoms with Crippen molar-refractivity contribution in [2.75, 3.05) is 37.0 Å². The number of hydrogen-bond donors (Lipinski definition) is 3. The number of anilines is 2. The van der Waals surface area contributed by atoms with Crippen molar-refractivity contribution in [2.45, 2.75) is 75.5 Å². The van der Waals surface area contributed by atoms with E-state index in [1.807, 2.05) is 85.9 Å². The van der Waals surface area contributed by atoms with E-state index in [1.54, 1.807) is 29.8 Å². The van der Waals surface area contributed by atoms with Crippen LogP contribution < -0.4 is 20.3 Å². The highest BCUT2D eigenvalue weighted by Gasteiger charge is 2.66. The first-order valence-corrected chi connectivity index (χ1v) is 21.5. The second-order valence-electron chi connectivity index (χ2n) is 15.1. The molecule has 0 radical (unpaired) electrons. The molecule has 3 aromatic carbocycles. The number of carbonyl (C=O) groups is 2. The third kappa shape index (κ3) is 7.15. The van der Waals surface area contributed by atoms with Gasteiger partial charge in [-0.1, -0.05) is 54.6 Å². The number of rotatable bonds is 12. The Morgan fingerprint density at radius 2 is 1.98 bits per heavy atom. The number of nitrogens with zero attached hydrogens (tertiary/aromatic N) is 4. The summed E-state index contributed by atoms with van der Waals surface area (Å²) in [5, 5.41) is 25.2. The van der Waals surface area contributed by atoms with E-state index in [2.05, 4.69) is 20.9 Å². The molecule has 0 aliphatic carbocycles. The molecule has 53 heavy (non-hydrogen) atoms. The van der Waals surface area contributed by atoms with Crippen LogP contribution in [-0.2, 0) is 33.0 Å². The lowest BCUT2D eigenvalue weighted by molar-refractivity contribution is -0.146. The molecule has 0 saturated carbocycles. The molecule has 2 unspecified atom stereocenters. The van der Waals surface area contributed by atoms with Crippen molar-refractivity contribution in [2.24, 2.45) is 11.8 Å². The molecular formula is C40H49FN6O5Si. The fourth-order valence-electron chi connectivity index (χ4n) is 8.73. The summed E-state index contributed by atoms with van der Waals surface area (Å²) < 4.78 is 30.8. The minimum absolute atomic E-state index is 0.0159. The van der Waals surface area contributed by atoms with Crippen LogP contribution in [-0.4, -0.2) is 73.2 Å². The molecule has 13 heteroatoms. The Morgan fingerprint density at radius 1 is 1.17 bits per heavy atom. The van der Waals surface area contributed by atoms with Crippen LogP contribution in [0.3, 0.4) is 0 Å². The van der Waals surface area contributed by atoms with Crippen LogP contribution in [0.2, 0.25) is 18.6 Å². The molecule has 6 atom stereocenters. The number of piperidine rings is 1. The lowest BCUT2D eigenvalue weighted by Crippen LogP contribution is -2.45. The Labute approximate surface area is 311 Å². The predicted octanol–water partition coefficient (Wildman–Crippen LogP) is 5.76. The molecule has 2 saturated heterocycles. The zero-order valence-electron chi connectivity index (χ0n) is 30.8. The number of amides is 2. The normalized spacial score (nSPS) is 24.7. The van der Waals surface area contributed by atoms with Crippen LogP contribution in [0.15, 0.2) is 79.0 Å². The first kappa shape index (κ1) is 36.9. The number of aliphatic hydroxyl groups excluding tert-OH is 1. The van der Waals surface area contributed by atoms with E-state index in [0.29, 0.717) is 47.9 Å². The second kappa shape index (κ2) is 15.1. The third-order valence-electron chi connectivity index (χ3n) is 11.3. The molecule has 0 bridgehead atoms. The van der Waals surface area contributed by atoms with Gasteiger partial charge in [0, 0.05) is 42.0 Å². The van der Waals surface area contributed by atoms with Crippen LogP contribution in [0, 0.1) is 11.8 Å². The average Bonchev–Trinajstić information content (AvgIpc) is 3.82. The topological polar surface area (TPSA) is 131 Å². The molecular weight excluding hydrogens is 692 g/mol. The number of hydrogen-bond acceptors (Lipinski definition) is 8. The quantitative estimate of drug-likeness (QED) is 0.124. The van der Waals surface area contributed by atoms with Gasteiger partial charge in [-0.2, -0.15) is 0 Å². The van der Waals surface area contributed by atoms with E-state index >= 15 is 4.11 Å². The number of nitrogens with one attached hydrogen (secondary N) is 2. The van der Waals surface area contributed by atoms with Gasteiger partial charge in [0.1, 0.15) is 5.75 Å². The predicted molar refractivity (Wildman–Crippen MR) is 203 cm³/mol.